The normalized spacial score (nSPS) is 11.7. The first-order valence-corrected chi connectivity index (χ1v) is 9.08. The molecular formula is C19H20BrClN2O2. The molecule has 0 saturated carbocycles. The zero-order valence-corrected chi connectivity index (χ0v) is 16.5. The zero-order valence-electron chi connectivity index (χ0n) is 14.1. The quantitative estimate of drug-likeness (QED) is 0.768. The number of rotatable bonds is 6. The van der Waals surface area contributed by atoms with E-state index in [0.717, 1.165) is 15.6 Å². The van der Waals surface area contributed by atoms with Gasteiger partial charge in [0.05, 0.1) is 6.42 Å². The summed E-state index contributed by atoms with van der Waals surface area (Å²) in [5, 5.41) is 3.15. The fraction of sp³-hybridized carbons (Fsp3) is 0.263. The highest BCUT2D eigenvalue weighted by Gasteiger charge is 2.25. The third-order valence-electron chi connectivity index (χ3n) is 3.98. The molecule has 0 radical (unpaired) electrons. The lowest BCUT2D eigenvalue weighted by molar-refractivity contribution is -0.139. The van der Waals surface area contributed by atoms with Crippen LogP contribution in [0.5, 0.6) is 0 Å². The van der Waals surface area contributed by atoms with Gasteiger partial charge in [0.2, 0.25) is 11.8 Å². The average molecular weight is 424 g/mol. The molecule has 6 heteroatoms. The van der Waals surface area contributed by atoms with Gasteiger partial charge in [-0.3, -0.25) is 9.59 Å². The number of benzene rings is 2. The van der Waals surface area contributed by atoms with Crippen LogP contribution < -0.4 is 5.32 Å². The monoisotopic (exact) mass is 422 g/mol. The number of carbonyl (C=O) groups is 2. The molecular weight excluding hydrogens is 404 g/mol. The highest BCUT2D eigenvalue weighted by atomic mass is 79.9. The maximum Gasteiger partial charge on any atom is 0.242 e. The summed E-state index contributed by atoms with van der Waals surface area (Å²) in [6.07, 6.45) is 0.150. The summed E-state index contributed by atoms with van der Waals surface area (Å²) in [5.74, 6) is -0.350. The Morgan fingerprint density at radius 2 is 1.80 bits per heavy atom. The molecule has 0 spiro atoms. The summed E-state index contributed by atoms with van der Waals surface area (Å²) in [6, 6.07) is 14.3. The Morgan fingerprint density at radius 1 is 1.16 bits per heavy atom. The minimum absolute atomic E-state index is 0.146. The van der Waals surface area contributed by atoms with Gasteiger partial charge in [0, 0.05) is 23.1 Å². The van der Waals surface area contributed by atoms with E-state index < -0.39 is 6.04 Å². The van der Waals surface area contributed by atoms with Crippen LogP contribution in [0.4, 0.5) is 0 Å². The van der Waals surface area contributed by atoms with Crippen molar-refractivity contribution < 1.29 is 9.59 Å². The molecule has 2 aromatic rings. The van der Waals surface area contributed by atoms with Crippen molar-refractivity contribution in [2.75, 3.05) is 7.05 Å². The van der Waals surface area contributed by atoms with E-state index in [4.69, 9.17) is 11.6 Å². The lowest BCUT2D eigenvalue weighted by atomic mass is 10.1. The van der Waals surface area contributed by atoms with Crippen LogP contribution in [0, 0.1) is 0 Å². The summed E-state index contributed by atoms with van der Waals surface area (Å²) in [7, 11) is 1.56. The van der Waals surface area contributed by atoms with E-state index in [1.807, 2.05) is 42.5 Å². The predicted molar refractivity (Wildman–Crippen MR) is 103 cm³/mol. The van der Waals surface area contributed by atoms with Crippen LogP contribution in [0.2, 0.25) is 5.02 Å². The first-order chi connectivity index (χ1) is 11.9. The Morgan fingerprint density at radius 3 is 2.40 bits per heavy atom. The molecule has 4 nitrogen and oxygen atoms in total. The third kappa shape index (κ3) is 5.31. The number of carbonyl (C=O) groups excluding carboxylic acids is 2. The van der Waals surface area contributed by atoms with Crippen molar-refractivity contribution in [3.63, 3.8) is 0 Å². The van der Waals surface area contributed by atoms with Crippen molar-refractivity contribution in [2.24, 2.45) is 0 Å². The number of likely N-dealkylation sites (N-methyl/N-ethyl adjacent to an activating group) is 1. The van der Waals surface area contributed by atoms with E-state index in [9.17, 15) is 9.59 Å². The number of halogens is 2. The molecule has 0 aliphatic rings. The largest absolute Gasteiger partial charge is 0.357 e. The minimum atomic E-state index is -0.580. The summed E-state index contributed by atoms with van der Waals surface area (Å²) in [4.78, 5) is 26.5. The average Bonchev–Trinajstić information content (AvgIpc) is 2.61. The smallest absolute Gasteiger partial charge is 0.242 e. The molecule has 2 amide bonds. The molecule has 25 heavy (non-hydrogen) atoms. The van der Waals surface area contributed by atoms with Gasteiger partial charge in [-0.25, -0.2) is 0 Å². The second-order valence-corrected chi connectivity index (χ2v) is 7.03. The second-order valence-electron chi connectivity index (χ2n) is 5.71. The van der Waals surface area contributed by atoms with Crippen LogP contribution in [-0.4, -0.2) is 29.8 Å². The summed E-state index contributed by atoms with van der Waals surface area (Å²) < 4.78 is 0.963. The lowest BCUT2D eigenvalue weighted by Gasteiger charge is -2.28. The van der Waals surface area contributed by atoms with Gasteiger partial charge in [0.15, 0.2) is 0 Å². The summed E-state index contributed by atoms with van der Waals surface area (Å²) in [5.41, 5.74) is 1.70. The van der Waals surface area contributed by atoms with Crippen LogP contribution in [0.25, 0.3) is 0 Å². The SMILES string of the molecule is CNC(=O)[C@H](C)N(Cc1ccc(Br)cc1)C(=O)Cc1ccccc1Cl. The number of hydrogen-bond acceptors (Lipinski definition) is 2. The van der Waals surface area contributed by atoms with E-state index in [1.165, 1.54) is 0 Å². The highest BCUT2D eigenvalue weighted by molar-refractivity contribution is 9.10. The zero-order chi connectivity index (χ0) is 18.4. The van der Waals surface area contributed by atoms with Gasteiger partial charge in [-0.2, -0.15) is 0 Å². The first kappa shape index (κ1) is 19.5. The molecule has 0 unspecified atom stereocenters. The standard InChI is InChI=1S/C19H20BrClN2O2/c1-13(19(25)22-2)23(12-14-7-9-16(20)10-8-14)18(24)11-15-5-3-4-6-17(15)21/h3-10,13H,11-12H2,1-2H3,(H,22,25)/t13-/m0/s1. The third-order valence-corrected chi connectivity index (χ3v) is 4.88. The van der Waals surface area contributed by atoms with Crippen molar-refractivity contribution in [2.45, 2.75) is 25.9 Å². The number of nitrogens with zero attached hydrogens (tertiary/aromatic N) is 1. The summed E-state index contributed by atoms with van der Waals surface area (Å²) >= 11 is 9.56. The molecule has 0 bridgehead atoms. The van der Waals surface area contributed by atoms with Gasteiger partial charge in [-0.1, -0.05) is 57.9 Å². The van der Waals surface area contributed by atoms with Crippen LogP contribution in [0.3, 0.4) is 0 Å². The number of amides is 2. The van der Waals surface area contributed by atoms with Gasteiger partial charge < -0.3 is 10.2 Å². The number of nitrogens with one attached hydrogen (secondary N) is 1. The van der Waals surface area contributed by atoms with Crippen molar-refractivity contribution in [1.29, 1.82) is 0 Å². The van der Waals surface area contributed by atoms with Crippen LogP contribution in [0.15, 0.2) is 53.0 Å². The molecule has 132 valence electrons. The fourth-order valence-electron chi connectivity index (χ4n) is 2.48. The lowest BCUT2D eigenvalue weighted by Crippen LogP contribution is -2.47. The fourth-order valence-corrected chi connectivity index (χ4v) is 2.95. The molecule has 1 atom stereocenters. The summed E-state index contributed by atoms with van der Waals surface area (Å²) in [6.45, 7) is 2.08. The van der Waals surface area contributed by atoms with Gasteiger partial charge in [0.25, 0.3) is 0 Å². The number of hydrogen-bond donors (Lipinski definition) is 1. The Bertz CT molecular complexity index is 749. The maximum absolute atomic E-state index is 12.9. The van der Waals surface area contributed by atoms with E-state index in [2.05, 4.69) is 21.2 Å². The highest BCUT2D eigenvalue weighted by Crippen LogP contribution is 2.19. The Balaban J connectivity index is 2.23. The molecule has 2 aromatic carbocycles. The molecule has 0 aliphatic heterocycles. The van der Waals surface area contributed by atoms with Gasteiger partial charge in [-0.15, -0.1) is 0 Å². The van der Waals surface area contributed by atoms with Crippen molar-refractivity contribution in [1.82, 2.24) is 10.2 Å². The van der Waals surface area contributed by atoms with Crippen molar-refractivity contribution in [3.8, 4) is 0 Å². The van der Waals surface area contributed by atoms with Crippen LogP contribution >= 0.6 is 27.5 Å². The predicted octanol–water partition coefficient (Wildman–Crippen LogP) is 3.81. The van der Waals surface area contributed by atoms with E-state index in [1.54, 1.807) is 24.9 Å². The first-order valence-electron chi connectivity index (χ1n) is 7.91. The van der Waals surface area contributed by atoms with Crippen LogP contribution in [-0.2, 0) is 22.6 Å². The van der Waals surface area contributed by atoms with Gasteiger partial charge in [-0.05, 0) is 36.2 Å². The van der Waals surface area contributed by atoms with Crippen molar-refractivity contribution >= 4 is 39.3 Å². The van der Waals surface area contributed by atoms with Crippen LogP contribution in [0.1, 0.15) is 18.1 Å². The van der Waals surface area contributed by atoms with Gasteiger partial charge >= 0.3 is 0 Å². The molecule has 0 aliphatic carbocycles. The van der Waals surface area contributed by atoms with E-state index >= 15 is 0 Å². The Kier molecular flexibility index (Phi) is 7.02. The molecule has 1 N–H and O–H groups in total. The maximum atomic E-state index is 12.9. The van der Waals surface area contributed by atoms with E-state index in [0.29, 0.717) is 11.6 Å². The molecule has 0 fully saturated rings. The molecule has 2 rings (SSSR count). The van der Waals surface area contributed by atoms with Gasteiger partial charge in [0.1, 0.15) is 6.04 Å². The second kappa shape index (κ2) is 9.02. The molecule has 0 heterocycles. The van der Waals surface area contributed by atoms with Crippen molar-refractivity contribution in [3.05, 3.63) is 69.2 Å². The minimum Gasteiger partial charge on any atom is -0.357 e. The molecule has 0 saturated heterocycles. The topological polar surface area (TPSA) is 49.4 Å². The Hall–Kier alpha value is -1.85. The molecule has 0 aromatic heterocycles. The van der Waals surface area contributed by atoms with E-state index in [-0.39, 0.29) is 18.2 Å². The Labute approximate surface area is 161 Å².